The SMILES string of the molecule is C=C1C2=C(c3ccc(-c4ccccc4)cc3)C2=C(c2ccc(C3=CCCC=C3)cc2)CC1[CH2+].C=CC.CC. The van der Waals surface area contributed by atoms with E-state index in [2.05, 4.69) is 117 Å². The van der Waals surface area contributed by atoms with E-state index in [1.54, 1.807) is 6.08 Å². The molecule has 0 N–H and O–H groups in total. The molecule has 0 amide bonds. The standard InChI is InChI=1S/C33H27.C3H6.C2H6/c1-22-21-30(28-17-13-26(14-18-28)24-9-5-3-6-10-24)33-31(23(22)2)32(33)29-19-15-27(16-20-29)25-11-7-4-8-12-25;1-3-2;1-2/h4-5,7-20,22H,1-3,6,21H2;3H,1H2,2H3;1-2H3/q+1;;. The Balaban J connectivity index is 0.000000630. The summed E-state index contributed by atoms with van der Waals surface area (Å²) in [4.78, 5) is 0. The van der Waals surface area contributed by atoms with Crippen molar-refractivity contribution in [3.05, 3.63) is 157 Å². The van der Waals surface area contributed by atoms with Crippen molar-refractivity contribution in [2.75, 3.05) is 0 Å². The fourth-order valence-electron chi connectivity index (χ4n) is 5.19. The first kappa shape index (κ1) is 27.0. The normalized spacial score (nSPS) is 17.4. The van der Waals surface area contributed by atoms with Crippen molar-refractivity contribution in [1.29, 1.82) is 0 Å². The van der Waals surface area contributed by atoms with Crippen LogP contribution in [-0.4, -0.2) is 0 Å². The third-order valence-corrected chi connectivity index (χ3v) is 7.10. The molecule has 0 spiro atoms. The third kappa shape index (κ3) is 5.60. The molecule has 1 unspecified atom stereocenters. The number of rotatable bonds is 4. The van der Waals surface area contributed by atoms with Crippen LogP contribution in [0.4, 0.5) is 0 Å². The lowest BCUT2D eigenvalue weighted by Crippen LogP contribution is -2.05. The summed E-state index contributed by atoms with van der Waals surface area (Å²) in [5, 5.41) is 0. The number of benzene rings is 3. The van der Waals surface area contributed by atoms with Crippen LogP contribution >= 0.6 is 0 Å². The molecule has 3 aromatic rings. The van der Waals surface area contributed by atoms with Gasteiger partial charge in [-0.3, -0.25) is 0 Å². The van der Waals surface area contributed by atoms with Crippen LogP contribution in [0.5, 0.6) is 0 Å². The van der Waals surface area contributed by atoms with E-state index in [1.807, 2.05) is 20.8 Å². The summed E-state index contributed by atoms with van der Waals surface area (Å²) >= 11 is 0. The van der Waals surface area contributed by atoms with Crippen LogP contribution < -0.4 is 0 Å². The number of fused-ring (bicyclic) bond motifs is 1. The van der Waals surface area contributed by atoms with Gasteiger partial charge in [0.05, 0.1) is 6.92 Å². The first-order chi connectivity index (χ1) is 18.6. The molecule has 3 aliphatic carbocycles. The highest BCUT2D eigenvalue weighted by Crippen LogP contribution is 2.59. The first-order valence-corrected chi connectivity index (χ1v) is 13.8. The molecule has 38 heavy (non-hydrogen) atoms. The first-order valence-electron chi connectivity index (χ1n) is 13.8. The van der Waals surface area contributed by atoms with Gasteiger partial charge < -0.3 is 0 Å². The minimum absolute atomic E-state index is 0.225. The minimum Gasteiger partial charge on any atom is -0.103 e. The number of hydrogen-bond donors (Lipinski definition) is 0. The van der Waals surface area contributed by atoms with Gasteiger partial charge >= 0.3 is 0 Å². The summed E-state index contributed by atoms with van der Waals surface area (Å²) in [6.07, 6.45) is 11.8. The molecule has 0 aromatic heterocycles. The molecule has 0 saturated heterocycles. The molecule has 0 saturated carbocycles. The third-order valence-electron chi connectivity index (χ3n) is 7.10. The lowest BCUT2D eigenvalue weighted by Gasteiger charge is -2.17. The molecule has 3 aliphatic rings. The summed E-state index contributed by atoms with van der Waals surface area (Å²) < 4.78 is 0. The Morgan fingerprint density at radius 3 is 1.87 bits per heavy atom. The van der Waals surface area contributed by atoms with Gasteiger partial charge in [0.1, 0.15) is 5.92 Å². The quantitative estimate of drug-likeness (QED) is 0.249. The van der Waals surface area contributed by atoms with Crippen molar-refractivity contribution < 1.29 is 0 Å². The second kappa shape index (κ2) is 12.5. The smallest absolute Gasteiger partial charge is 0.103 e. The van der Waals surface area contributed by atoms with Crippen LogP contribution in [0.1, 0.15) is 56.7 Å². The summed E-state index contributed by atoms with van der Waals surface area (Å²) in [6.45, 7) is 18.1. The average Bonchev–Trinajstić information content (AvgIpc) is 3.74. The molecule has 6 rings (SSSR count). The molecule has 190 valence electrons. The lowest BCUT2D eigenvalue weighted by molar-refractivity contribution is 0.790. The van der Waals surface area contributed by atoms with Gasteiger partial charge in [-0.05, 0) is 75.4 Å². The zero-order valence-corrected chi connectivity index (χ0v) is 23.1. The topological polar surface area (TPSA) is 0 Å². The maximum Gasteiger partial charge on any atom is 0.124 e. The molecule has 1 atom stereocenters. The van der Waals surface area contributed by atoms with Crippen LogP contribution in [0.25, 0.3) is 27.8 Å². The molecule has 0 bridgehead atoms. The van der Waals surface area contributed by atoms with Crippen LogP contribution in [0.3, 0.4) is 0 Å². The molecule has 0 fully saturated rings. The van der Waals surface area contributed by atoms with Crippen LogP contribution in [0.2, 0.25) is 0 Å². The van der Waals surface area contributed by atoms with Gasteiger partial charge in [0.25, 0.3) is 0 Å². The van der Waals surface area contributed by atoms with E-state index in [4.69, 9.17) is 0 Å². The largest absolute Gasteiger partial charge is 0.124 e. The Morgan fingerprint density at radius 1 is 0.711 bits per heavy atom. The number of hydrogen-bond acceptors (Lipinski definition) is 0. The molecule has 0 radical (unpaired) electrons. The van der Waals surface area contributed by atoms with Gasteiger partial charge in [0.2, 0.25) is 0 Å². The van der Waals surface area contributed by atoms with E-state index in [0.717, 1.165) is 19.3 Å². The molecule has 0 heterocycles. The van der Waals surface area contributed by atoms with E-state index < -0.39 is 0 Å². The van der Waals surface area contributed by atoms with Crippen LogP contribution in [0.15, 0.2) is 133 Å². The maximum atomic E-state index is 4.42. The van der Waals surface area contributed by atoms with E-state index >= 15 is 0 Å². The fourth-order valence-corrected chi connectivity index (χ4v) is 5.19. The van der Waals surface area contributed by atoms with E-state index in [1.165, 1.54) is 61.3 Å². The van der Waals surface area contributed by atoms with Crippen molar-refractivity contribution in [1.82, 2.24) is 0 Å². The average molecular weight is 496 g/mol. The Kier molecular flexibility index (Phi) is 8.87. The maximum absolute atomic E-state index is 4.42. The van der Waals surface area contributed by atoms with Crippen molar-refractivity contribution in [2.24, 2.45) is 5.92 Å². The van der Waals surface area contributed by atoms with Gasteiger partial charge in [0, 0.05) is 12.0 Å². The van der Waals surface area contributed by atoms with Crippen molar-refractivity contribution in [3.63, 3.8) is 0 Å². The lowest BCUT2D eigenvalue weighted by atomic mass is 9.83. The van der Waals surface area contributed by atoms with Crippen LogP contribution in [-0.2, 0) is 0 Å². The molecule has 0 heteroatoms. The Labute approximate surface area is 230 Å². The zero-order chi connectivity index (χ0) is 27.1. The van der Waals surface area contributed by atoms with Gasteiger partial charge in [0.15, 0.2) is 0 Å². The highest BCUT2D eigenvalue weighted by molar-refractivity contribution is 6.13. The van der Waals surface area contributed by atoms with Crippen molar-refractivity contribution in [3.8, 4) is 11.1 Å². The second-order valence-corrected chi connectivity index (χ2v) is 9.60. The Morgan fingerprint density at radius 2 is 1.26 bits per heavy atom. The monoisotopic (exact) mass is 495 g/mol. The minimum atomic E-state index is 0.225. The Bertz CT molecular complexity index is 1400. The predicted octanol–water partition coefficient (Wildman–Crippen LogP) is 10.9. The van der Waals surface area contributed by atoms with E-state index in [9.17, 15) is 0 Å². The molecule has 3 aromatic carbocycles. The predicted molar refractivity (Wildman–Crippen MR) is 168 cm³/mol. The highest BCUT2D eigenvalue weighted by Gasteiger charge is 2.43. The summed E-state index contributed by atoms with van der Waals surface area (Å²) in [7, 11) is 0. The van der Waals surface area contributed by atoms with Gasteiger partial charge in [-0.25, -0.2) is 0 Å². The van der Waals surface area contributed by atoms with E-state index in [-0.39, 0.29) is 5.92 Å². The summed E-state index contributed by atoms with van der Waals surface area (Å²) in [5.74, 6) is 0.225. The second-order valence-electron chi connectivity index (χ2n) is 9.60. The molecular weight excluding hydrogens is 456 g/mol. The van der Waals surface area contributed by atoms with Crippen molar-refractivity contribution >= 4 is 16.7 Å². The van der Waals surface area contributed by atoms with Crippen LogP contribution in [0, 0.1) is 12.8 Å². The highest BCUT2D eigenvalue weighted by atomic mass is 14.4. The summed E-state index contributed by atoms with van der Waals surface area (Å²) in [6, 6.07) is 28.6. The summed E-state index contributed by atoms with van der Waals surface area (Å²) in [5.41, 5.74) is 14.4. The number of allylic oxidation sites excluding steroid dienone is 10. The molecule has 0 nitrogen and oxygen atoms in total. The fraction of sp³-hybridized carbons (Fsp3) is 0.184. The van der Waals surface area contributed by atoms with Gasteiger partial charge in [-0.15, -0.1) is 6.58 Å². The van der Waals surface area contributed by atoms with Gasteiger partial charge in [-0.2, -0.15) is 0 Å². The van der Waals surface area contributed by atoms with E-state index in [0.29, 0.717) is 0 Å². The Hall–Kier alpha value is -4.03. The molecular formula is C38H39+. The zero-order valence-electron chi connectivity index (χ0n) is 23.1. The molecule has 0 aliphatic heterocycles. The van der Waals surface area contributed by atoms with Crippen molar-refractivity contribution in [2.45, 2.75) is 40.0 Å². The van der Waals surface area contributed by atoms with Gasteiger partial charge in [-0.1, -0.05) is 124 Å².